The van der Waals surface area contributed by atoms with Gasteiger partial charge >= 0.3 is 0 Å². The lowest BCUT2D eigenvalue weighted by atomic mass is 9.99. The molecule has 230 valence electrons. The Bertz CT molecular complexity index is 1630. The number of aromatic nitrogens is 5. The normalized spacial score (nSPS) is 16.8. The van der Waals surface area contributed by atoms with Crippen LogP contribution in [0.2, 0.25) is 0 Å². The summed E-state index contributed by atoms with van der Waals surface area (Å²) < 4.78 is 18.3. The average molecular weight is 634 g/mol. The zero-order chi connectivity index (χ0) is 30.3. The van der Waals surface area contributed by atoms with Gasteiger partial charge in [-0.15, -0.1) is 10.2 Å². The molecule has 2 aromatic carbocycles. The van der Waals surface area contributed by atoms with E-state index in [2.05, 4.69) is 60.8 Å². The maximum Gasteiger partial charge on any atom is 0.266 e. The number of nitrogens with one attached hydrogen (secondary N) is 2. The van der Waals surface area contributed by atoms with Crippen molar-refractivity contribution < 1.29 is 19.0 Å². The Morgan fingerprint density at radius 2 is 2.00 bits per heavy atom. The number of carbonyl (C=O) groups excluding carboxylic acids is 1. The Hall–Kier alpha value is -3.78. The van der Waals surface area contributed by atoms with E-state index < -0.39 is 0 Å². The average Bonchev–Trinajstić information content (AvgIpc) is 3.79. The van der Waals surface area contributed by atoms with E-state index in [1.807, 2.05) is 18.3 Å². The largest absolute Gasteiger partial charge is 0.493 e. The molecule has 2 aromatic heterocycles. The van der Waals surface area contributed by atoms with E-state index in [1.54, 1.807) is 12.0 Å². The predicted molar refractivity (Wildman–Crippen MR) is 175 cm³/mol. The van der Waals surface area contributed by atoms with E-state index in [9.17, 15) is 4.79 Å². The minimum absolute atomic E-state index is 0.0711. The maximum atomic E-state index is 13.4. The van der Waals surface area contributed by atoms with E-state index in [0.717, 1.165) is 86.1 Å². The molecule has 4 heterocycles. The molecule has 0 saturated carbocycles. The smallest absolute Gasteiger partial charge is 0.266 e. The number of methoxy groups -OCH3 is 1. The minimum atomic E-state index is -0.0711. The van der Waals surface area contributed by atoms with Gasteiger partial charge in [0.2, 0.25) is 0 Å². The summed E-state index contributed by atoms with van der Waals surface area (Å²) in [5.74, 6) is 1.93. The van der Waals surface area contributed by atoms with E-state index in [0.29, 0.717) is 39.7 Å². The number of morpholine rings is 1. The van der Waals surface area contributed by atoms with E-state index in [1.165, 1.54) is 11.8 Å². The van der Waals surface area contributed by atoms with Crippen molar-refractivity contribution in [2.45, 2.75) is 25.7 Å². The van der Waals surface area contributed by atoms with Crippen molar-refractivity contribution in [3.8, 4) is 22.6 Å². The number of rotatable bonds is 13. The van der Waals surface area contributed by atoms with Crippen LogP contribution < -0.4 is 9.47 Å². The number of nitrogens with zero attached hydrogens (tertiary/aromatic N) is 5. The molecule has 0 radical (unpaired) electrons. The third-order valence-corrected chi connectivity index (χ3v) is 9.14. The monoisotopic (exact) mass is 633 g/mol. The molecule has 2 aliphatic heterocycles. The lowest BCUT2D eigenvalue weighted by Crippen LogP contribution is -2.38. The van der Waals surface area contributed by atoms with Gasteiger partial charge in [0.15, 0.2) is 17.3 Å². The molecular formula is C31H35N7O4S2. The van der Waals surface area contributed by atoms with Gasteiger partial charge in [-0.05, 0) is 65.8 Å². The molecule has 0 spiro atoms. The van der Waals surface area contributed by atoms with Crippen LogP contribution in [-0.4, -0.2) is 98.7 Å². The fourth-order valence-electron chi connectivity index (χ4n) is 5.41. The van der Waals surface area contributed by atoms with Crippen molar-refractivity contribution in [1.29, 1.82) is 0 Å². The fraction of sp³-hybridized carbons (Fsp3) is 0.387. The van der Waals surface area contributed by atoms with Crippen molar-refractivity contribution in [1.82, 2.24) is 35.4 Å². The first-order valence-electron chi connectivity index (χ1n) is 14.8. The number of fused-ring (bicyclic) bond motifs is 1. The summed E-state index contributed by atoms with van der Waals surface area (Å²) in [5.41, 5.74) is 3.80. The maximum absolute atomic E-state index is 13.4. The molecule has 0 atom stereocenters. The summed E-state index contributed by atoms with van der Waals surface area (Å²) in [4.78, 5) is 21.3. The van der Waals surface area contributed by atoms with Crippen LogP contribution in [0, 0.1) is 0 Å². The molecule has 2 N–H and O–H groups in total. The zero-order valence-corrected chi connectivity index (χ0v) is 26.2. The van der Waals surface area contributed by atoms with Crippen LogP contribution in [0.3, 0.4) is 0 Å². The Balaban J connectivity index is 1.21. The Morgan fingerprint density at radius 3 is 2.82 bits per heavy atom. The van der Waals surface area contributed by atoms with Crippen LogP contribution in [0.15, 0.2) is 47.5 Å². The number of aryl methyl sites for hydroxylation is 1. The molecule has 2 aliphatic rings. The van der Waals surface area contributed by atoms with E-state index >= 15 is 0 Å². The van der Waals surface area contributed by atoms with Gasteiger partial charge in [0.05, 0.1) is 25.2 Å². The van der Waals surface area contributed by atoms with Gasteiger partial charge in [-0.2, -0.15) is 5.21 Å². The van der Waals surface area contributed by atoms with Crippen LogP contribution in [0.4, 0.5) is 0 Å². The number of thiocarbonyl (C=S) groups is 1. The lowest BCUT2D eigenvalue weighted by Gasteiger charge is -2.26. The Labute approximate surface area is 265 Å². The minimum Gasteiger partial charge on any atom is -0.493 e. The van der Waals surface area contributed by atoms with Crippen LogP contribution in [-0.2, 0) is 16.0 Å². The van der Waals surface area contributed by atoms with Gasteiger partial charge in [0.25, 0.3) is 5.91 Å². The summed E-state index contributed by atoms with van der Waals surface area (Å²) in [6.07, 6.45) is 7.28. The molecule has 1 amide bonds. The molecule has 44 heavy (non-hydrogen) atoms. The van der Waals surface area contributed by atoms with Crippen molar-refractivity contribution in [2.24, 2.45) is 0 Å². The highest BCUT2D eigenvalue weighted by atomic mass is 32.2. The SMILES string of the molecule is COc1cc(C=C2SC(=S)N(CCCCCc3nn[nH]n3)C2=O)cc(-c2ccc3[nH]ccc3c2)c1OCCN1CCOCC1. The van der Waals surface area contributed by atoms with Crippen molar-refractivity contribution >= 4 is 51.2 Å². The highest BCUT2D eigenvalue weighted by Crippen LogP contribution is 2.42. The number of hydrogen-bond donors (Lipinski definition) is 2. The van der Waals surface area contributed by atoms with Gasteiger partial charge < -0.3 is 19.2 Å². The summed E-state index contributed by atoms with van der Waals surface area (Å²) in [6.45, 7) is 5.17. The van der Waals surface area contributed by atoms with Crippen LogP contribution >= 0.6 is 24.0 Å². The van der Waals surface area contributed by atoms with Gasteiger partial charge in [0, 0.05) is 49.9 Å². The van der Waals surface area contributed by atoms with Crippen molar-refractivity contribution in [3.05, 3.63) is 58.9 Å². The first-order chi connectivity index (χ1) is 21.6. The third kappa shape index (κ3) is 7.12. The number of ether oxygens (including phenoxy) is 3. The number of aromatic amines is 2. The number of tetrazole rings is 1. The molecule has 13 heteroatoms. The second-order valence-electron chi connectivity index (χ2n) is 10.7. The molecule has 0 unspecified atom stereocenters. The number of amides is 1. The summed E-state index contributed by atoms with van der Waals surface area (Å²) in [7, 11) is 1.64. The highest BCUT2D eigenvalue weighted by Gasteiger charge is 2.31. The number of hydrogen-bond acceptors (Lipinski definition) is 10. The van der Waals surface area contributed by atoms with Crippen LogP contribution in [0.25, 0.3) is 28.1 Å². The van der Waals surface area contributed by atoms with Crippen molar-refractivity contribution in [3.63, 3.8) is 0 Å². The zero-order valence-electron chi connectivity index (χ0n) is 24.6. The van der Waals surface area contributed by atoms with Crippen LogP contribution in [0.5, 0.6) is 11.5 Å². The second-order valence-corrected chi connectivity index (χ2v) is 12.3. The summed E-state index contributed by atoms with van der Waals surface area (Å²) in [6, 6.07) is 12.3. The van der Waals surface area contributed by atoms with Gasteiger partial charge in [-0.25, -0.2) is 0 Å². The van der Waals surface area contributed by atoms with Gasteiger partial charge in [-0.3, -0.25) is 14.6 Å². The molecule has 2 saturated heterocycles. The highest BCUT2D eigenvalue weighted by molar-refractivity contribution is 8.26. The number of carbonyl (C=O) groups is 1. The molecule has 0 aliphatic carbocycles. The quantitative estimate of drug-likeness (QED) is 0.122. The first kappa shape index (κ1) is 30.3. The van der Waals surface area contributed by atoms with Gasteiger partial charge in [-0.1, -0.05) is 41.7 Å². The molecule has 4 aromatic rings. The molecular weight excluding hydrogens is 599 g/mol. The summed E-state index contributed by atoms with van der Waals surface area (Å²) in [5, 5.41) is 15.1. The second kappa shape index (κ2) is 14.3. The fourth-order valence-corrected chi connectivity index (χ4v) is 6.72. The number of unbranched alkanes of at least 4 members (excludes halogenated alkanes) is 2. The van der Waals surface area contributed by atoms with Crippen LogP contribution in [0.1, 0.15) is 30.7 Å². The Kier molecular flexibility index (Phi) is 9.86. The van der Waals surface area contributed by atoms with Gasteiger partial charge in [0.1, 0.15) is 10.9 Å². The standard InChI is InChI=1S/C31H35N7O4S2/c1-40-26-18-21(19-27-30(39)38(31(43)44-27)10-4-2-3-5-28-33-35-36-34-28)17-24(22-6-7-25-23(20-22)8-9-32-25)29(26)42-16-13-37-11-14-41-15-12-37/h6-9,17-20,32H,2-5,10-16H2,1H3,(H,33,34,35,36). The summed E-state index contributed by atoms with van der Waals surface area (Å²) >= 11 is 6.93. The number of thioether (sulfide) groups is 1. The molecule has 0 bridgehead atoms. The first-order valence-corrected chi connectivity index (χ1v) is 16.0. The van der Waals surface area contributed by atoms with E-state index in [4.69, 9.17) is 26.4 Å². The number of benzene rings is 2. The molecule has 11 nitrogen and oxygen atoms in total. The third-order valence-electron chi connectivity index (χ3n) is 7.76. The molecule has 2 fully saturated rings. The van der Waals surface area contributed by atoms with E-state index in [-0.39, 0.29) is 5.91 Å². The lowest BCUT2D eigenvalue weighted by molar-refractivity contribution is -0.122. The topological polar surface area (TPSA) is 121 Å². The van der Waals surface area contributed by atoms with Crippen molar-refractivity contribution in [2.75, 3.05) is 53.1 Å². The predicted octanol–water partition coefficient (Wildman–Crippen LogP) is 4.68. The molecule has 6 rings (SSSR count). The number of H-pyrrole nitrogens is 2. The Morgan fingerprint density at radius 1 is 1.11 bits per heavy atom.